The predicted octanol–water partition coefficient (Wildman–Crippen LogP) is 8.49. The molecule has 16 unspecified atom stereocenters. The summed E-state index contributed by atoms with van der Waals surface area (Å²) < 4.78 is 0. The van der Waals surface area contributed by atoms with E-state index in [1.807, 2.05) is 13.8 Å². The van der Waals surface area contributed by atoms with E-state index in [0.717, 1.165) is 18.8 Å². The maximum atomic E-state index is 12.4. The van der Waals surface area contributed by atoms with E-state index in [4.69, 9.17) is 5.11 Å². The molecule has 5 saturated carbocycles. The van der Waals surface area contributed by atoms with Crippen molar-refractivity contribution in [1.82, 2.24) is 0 Å². The van der Waals surface area contributed by atoms with Gasteiger partial charge in [-0.2, -0.15) is 0 Å². The van der Waals surface area contributed by atoms with Crippen LogP contribution in [0.3, 0.4) is 0 Å². The van der Waals surface area contributed by atoms with Gasteiger partial charge in [0.15, 0.2) is 0 Å². The lowest BCUT2D eigenvalue weighted by Crippen LogP contribution is -2.74. The van der Waals surface area contributed by atoms with Crippen molar-refractivity contribution >= 4 is 0 Å². The summed E-state index contributed by atoms with van der Waals surface area (Å²) in [6.45, 7) is 22.6. The molecule has 5 fully saturated rings. The Morgan fingerprint density at radius 1 is 0.791 bits per heavy atom. The molecule has 252 valence electrons. The molecule has 0 bridgehead atoms. The van der Waals surface area contributed by atoms with Crippen molar-refractivity contribution in [2.45, 2.75) is 171 Å². The second kappa shape index (κ2) is 13.5. The van der Waals surface area contributed by atoms with Gasteiger partial charge in [-0.15, -0.1) is 0 Å². The smallest absolute Gasteiger partial charge is 0.0657 e. The lowest BCUT2D eigenvalue weighted by Gasteiger charge is -2.76. The topological polar surface area (TPSA) is 80.9 Å². The monoisotopic (exact) mass is 605 g/mol. The third-order valence-corrected chi connectivity index (χ3v) is 15.9. The number of aliphatic hydroxyl groups excluding tert-OH is 4. The van der Waals surface area contributed by atoms with Crippen LogP contribution in [-0.4, -0.2) is 44.8 Å². The van der Waals surface area contributed by atoms with Crippen molar-refractivity contribution in [2.75, 3.05) is 0 Å². The Balaban J connectivity index is 0.000000782. The summed E-state index contributed by atoms with van der Waals surface area (Å²) in [5, 5.41) is 43.8. The number of rotatable bonds is 5. The normalized spacial score (nSPS) is 51.6. The van der Waals surface area contributed by atoms with Crippen LogP contribution in [-0.2, 0) is 0 Å². The van der Waals surface area contributed by atoms with Crippen LogP contribution >= 0.6 is 0 Å². The van der Waals surface area contributed by atoms with Crippen molar-refractivity contribution in [1.29, 1.82) is 0 Å². The largest absolute Gasteiger partial charge is 0.393 e. The molecule has 4 nitrogen and oxygen atoms in total. The first-order chi connectivity index (χ1) is 20.1. The van der Waals surface area contributed by atoms with Gasteiger partial charge in [0.1, 0.15) is 0 Å². The van der Waals surface area contributed by atoms with Gasteiger partial charge in [-0.1, -0.05) is 107 Å². The van der Waals surface area contributed by atoms with Gasteiger partial charge in [-0.05, 0) is 104 Å². The fourth-order valence-corrected chi connectivity index (χ4v) is 13.0. The van der Waals surface area contributed by atoms with Gasteiger partial charge < -0.3 is 20.4 Å². The molecule has 0 radical (unpaired) electrons. The molecule has 4 N–H and O–H groups in total. The van der Waals surface area contributed by atoms with Crippen molar-refractivity contribution in [3.63, 3.8) is 0 Å². The number of aliphatic hydroxyl groups is 4. The Morgan fingerprint density at radius 2 is 1.40 bits per heavy atom. The minimum Gasteiger partial charge on any atom is -0.393 e. The Hall–Kier alpha value is -0.160. The quantitative estimate of drug-likeness (QED) is 0.254. The predicted molar refractivity (Wildman–Crippen MR) is 178 cm³/mol. The molecule has 0 aromatic rings. The highest BCUT2D eigenvalue weighted by atomic mass is 16.3. The van der Waals surface area contributed by atoms with Gasteiger partial charge in [-0.3, -0.25) is 0 Å². The lowest BCUT2D eigenvalue weighted by atomic mass is 9.29. The zero-order valence-corrected chi connectivity index (χ0v) is 29.9. The Labute approximate surface area is 266 Å². The fourth-order valence-electron chi connectivity index (χ4n) is 13.0. The zero-order valence-electron chi connectivity index (χ0n) is 29.9. The minimum atomic E-state index is -0.548. The van der Waals surface area contributed by atoms with Gasteiger partial charge in [0.05, 0.1) is 24.4 Å². The van der Waals surface area contributed by atoms with E-state index in [2.05, 4.69) is 48.5 Å². The van der Waals surface area contributed by atoms with Crippen LogP contribution < -0.4 is 0 Å². The number of hydrogen-bond donors (Lipinski definition) is 4. The third kappa shape index (κ3) is 5.82. The SMILES string of the molecule is CC(O)C1C(C)CC2(C)C(C)C3(C)C(CCC4CCCCC4)C4CCCC(C)C4C(O)C3C(C)C2(C)C1O.CCC(C)O. The van der Waals surface area contributed by atoms with Crippen LogP contribution in [0, 0.1) is 75.4 Å². The van der Waals surface area contributed by atoms with Crippen LogP contribution in [0.2, 0.25) is 0 Å². The van der Waals surface area contributed by atoms with Gasteiger partial charge in [0.2, 0.25) is 0 Å². The van der Waals surface area contributed by atoms with Crippen LogP contribution in [0.4, 0.5) is 0 Å². The van der Waals surface area contributed by atoms with Crippen molar-refractivity contribution in [3.05, 3.63) is 0 Å². The summed E-state index contributed by atoms with van der Waals surface area (Å²) in [7, 11) is 0. The Morgan fingerprint density at radius 3 is 1.95 bits per heavy atom. The molecule has 5 aliphatic rings. The highest BCUT2D eigenvalue weighted by Crippen LogP contribution is 2.76. The molecule has 0 aliphatic heterocycles. The summed E-state index contributed by atoms with van der Waals surface area (Å²) in [6, 6.07) is 0. The molecular formula is C39H72O4. The van der Waals surface area contributed by atoms with Gasteiger partial charge in [0, 0.05) is 11.3 Å². The molecule has 0 saturated heterocycles. The number of fused-ring (bicyclic) bond motifs is 3. The average molecular weight is 605 g/mol. The minimum absolute atomic E-state index is 0.0299. The first-order valence-corrected chi connectivity index (χ1v) is 18.8. The molecule has 0 aromatic heterocycles. The van der Waals surface area contributed by atoms with Gasteiger partial charge in [0.25, 0.3) is 0 Å². The highest BCUT2D eigenvalue weighted by Gasteiger charge is 2.74. The molecule has 5 rings (SSSR count). The maximum absolute atomic E-state index is 12.4. The average Bonchev–Trinajstić information content (AvgIpc) is 2.95. The standard InChI is InChI=1S/C35H62O3.C4H10O/c1-20-13-12-16-26-27(18-17-25-14-10-9-11-15-25)34(7)24(5)33(6)19-21(2)28(23(4)36)32(38)35(33,8)22(3)30(34)31(37)29(20)26;1-3-4(2)5/h20-32,36-38H,9-19H2,1-8H3;4-5H,3H2,1-2H3. The molecule has 5 aliphatic carbocycles. The van der Waals surface area contributed by atoms with E-state index >= 15 is 0 Å². The van der Waals surface area contributed by atoms with E-state index in [1.54, 1.807) is 6.92 Å². The Bertz CT molecular complexity index is 898. The molecule has 0 spiro atoms. The summed E-state index contributed by atoms with van der Waals surface area (Å²) in [5.74, 6) is 4.18. The van der Waals surface area contributed by atoms with E-state index in [1.165, 1.54) is 64.2 Å². The zero-order chi connectivity index (χ0) is 32.1. The Kier molecular flexibility index (Phi) is 11.2. The fraction of sp³-hybridized carbons (Fsp3) is 1.00. The summed E-state index contributed by atoms with van der Waals surface area (Å²) in [4.78, 5) is 0. The van der Waals surface area contributed by atoms with E-state index in [-0.39, 0.29) is 52.1 Å². The summed E-state index contributed by atoms with van der Waals surface area (Å²) in [5.41, 5.74) is -0.292. The molecule has 0 heterocycles. The second-order valence-corrected chi connectivity index (χ2v) is 17.6. The summed E-state index contributed by atoms with van der Waals surface area (Å²) in [6.07, 6.45) is 14.1. The molecule has 43 heavy (non-hydrogen) atoms. The molecule has 0 amide bonds. The van der Waals surface area contributed by atoms with Gasteiger partial charge >= 0.3 is 0 Å². The lowest BCUT2D eigenvalue weighted by molar-refractivity contribution is -0.316. The van der Waals surface area contributed by atoms with Crippen LogP contribution in [0.15, 0.2) is 0 Å². The first kappa shape index (κ1) is 35.7. The third-order valence-electron chi connectivity index (χ3n) is 15.9. The van der Waals surface area contributed by atoms with E-state index in [0.29, 0.717) is 29.6 Å². The summed E-state index contributed by atoms with van der Waals surface area (Å²) >= 11 is 0. The molecule has 0 aromatic carbocycles. The molecular weight excluding hydrogens is 532 g/mol. The maximum Gasteiger partial charge on any atom is 0.0657 e. The van der Waals surface area contributed by atoms with Gasteiger partial charge in [-0.25, -0.2) is 0 Å². The second-order valence-electron chi connectivity index (χ2n) is 17.6. The van der Waals surface area contributed by atoms with E-state index in [9.17, 15) is 15.3 Å². The molecule has 4 heteroatoms. The van der Waals surface area contributed by atoms with Crippen LogP contribution in [0.25, 0.3) is 0 Å². The van der Waals surface area contributed by atoms with Crippen LogP contribution in [0.1, 0.15) is 146 Å². The van der Waals surface area contributed by atoms with Crippen molar-refractivity contribution in [3.8, 4) is 0 Å². The van der Waals surface area contributed by atoms with E-state index < -0.39 is 12.2 Å². The van der Waals surface area contributed by atoms with Crippen molar-refractivity contribution in [2.24, 2.45) is 75.4 Å². The highest BCUT2D eigenvalue weighted by molar-refractivity contribution is 5.22. The van der Waals surface area contributed by atoms with Crippen molar-refractivity contribution < 1.29 is 20.4 Å². The number of hydrogen-bond acceptors (Lipinski definition) is 4. The van der Waals surface area contributed by atoms with Crippen LogP contribution in [0.5, 0.6) is 0 Å². The first-order valence-electron chi connectivity index (χ1n) is 18.8. The molecule has 16 atom stereocenters.